The van der Waals surface area contributed by atoms with Crippen molar-refractivity contribution in [3.8, 4) is 6.07 Å². The topological polar surface area (TPSA) is 88.5 Å². The number of nitrogens with zero attached hydrogens (tertiary/aromatic N) is 3. The molecule has 1 heterocycles. The molecule has 1 aliphatic rings. The zero-order chi connectivity index (χ0) is 18.4. The first-order valence-corrected chi connectivity index (χ1v) is 8.40. The van der Waals surface area contributed by atoms with E-state index < -0.39 is 11.8 Å². The van der Waals surface area contributed by atoms with Crippen molar-refractivity contribution in [2.24, 2.45) is 0 Å². The van der Waals surface area contributed by atoms with E-state index in [1.807, 2.05) is 43.0 Å². The molecule has 1 saturated heterocycles. The van der Waals surface area contributed by atoms with Gasteiger partial charge in [-0.25, -0.2) is 0 Å². The van der Waals surface area contributed by atoms with E-state index in [1.165, 1.54) is 0 Å². The zero-order valence-electron chi connectivity index (χ0n) is 15.0. The molecular weight excluding hydrogens is 318 g/mol. The molecule has 0 spiro atoms. The molecular formula is C18H25N5O2. The van der Waals surface area contributed by atoms with Crippen molar-refractivity contribution in [3.63, 3.8) is 0 Å². The van der Waals surface area contributed by atoms with E-state index in [-0.39, 0.29) is 6.04 Å². The van der Waals surface area contributed by atoms with Crippen molar-refractivity contribution in [1.82, 2.24) is 10.2 Å². The lowest BCUT2D eigenvalue weighted by atomic mass is 10.1. The standard InChI is InChI=1S/C18H25N5O2/c1-13-12-15(22(2)3)4-5-16(13)21-18(25)17(24)20-14-6-9-23(10-7-14)11-8-19/h4-5,12,14H,6-7,9-11H2,1-3H3,(H,20,24)(H,21,25). The predicted molar refractivity (Wildman–Crippen MR) is 97.4 cm³/mol. The maximum atomic E-state index is 12.1. The lowest BCUT2D eigenvalue weighted by molar-refractivity contribution is -0.136. The number of piperidine rings is 1. The highest BCUT2D eigenvalue weighted by molar-refractivity contribution is 6.39. The molecule has 7 heteroatoms. The van der Waals surface area contributed by atoms with E-state index in [9.17, 15) is 9.59 Å². The van der Waals surface area contributed by atoms with Gasteiger partial charge in [-0.15, -0.1) is 0 Å². The summed E-state index contributed by atoms with van der Waals surface area (Å²) in [5.74, 6) is -1.27. The van der Waals surface area contributed by atoms with Crippen molar-refractivity contribution < 1.29 is 9.59 Å². The van der Waals surface area contributed by atoms with Crippen molar-refractivity contribution in [3.05, 3.63) is 23.8 Å². The zero-order valence-corrected chi connectivity index (χ0v) is 15.0. The minimum atomic E-state index is -0.653. The summed E-state index contributed by atoms with van der Waals surface area (Å²) in [5.41, 5.74) is 2.57. The summed E-state index contributed by atoms with van der Waals surface area (Å²) in [6.07, 6.45) is 1.49. The van der Waals surface area contributed by atoms with Crippen LogP contribution in [0.1, 0.15) is 18.4 Å². The van der Waals surface area contributed by atoms with Gasteiger partial charge in [0.2, 0.25) is 0 Å². The Morgan fingerprint density at radius 3 is 2.52 bits per heavy atom. The quantitative estimate of drug-likeness (QED) is 0.631. The molecule has 2 amide bonds. The molecule has 134 valence electrons. The van der Waals surface area contributed by atoms with Gasteiger partial charge in [-0.2, -0.15) is 5.26 Å². The summed E-state index contributed by atoms with van der Waals surface area (Å²) in [5, 5.41) is 14.1. The Bertz CT molecular complexity index is 673. The second kappa shape index (κ2) is 8.49. The minimum Gasteiger partial charge on any atom is -0.378 e. The molecule has 7 nitrogen and oxygen atoms in total. The number of hydrogen-bond acceptors (Lipinski definition) is 5. The van der Waals surface area contributed by atoms with Crippen LogP contribution >= 0.6 is 0 Å². The Morgan fingerprint density at radius 2 is 1.96 bits per heavy atom. The fourth-order valence-electron chi connectivity index (χ4n) is 2.83. The fourth-order valence-corrected chi connectivity index (χ4v) is 2.83. The highest BCUT2D eigenvalue weighted by atomic mass is 16.2. The van der Waals surface area contributed by atoms with Crippen LogP contribution in [-0.4, -0.2) is 56.5 Å². The SMILES string of the molecule is Cc1cc(N(C)C)ccc1NC(=O)C(=O)NC1CCN(CC#N)CC1. The van der Waals surface area contributed by atoms with E-state index >= 15 is 0 Å². The van der Waals surface area contributed by atoms with Gasteiger partial charge in [0.1, 0.15) is 0 Å². The molecule has 0 bridgehead atoms. The van der Waals surface area contributed by atoms with Crippen molar-refractivity contribution in [2.75, 3.05) is 43.9 Å². The molecule has 25 heavy (non-hydrogen) atoms. The molecule has 0 radical (unpaired) electrons. The number of nitriles is 1. The van der Waals surface area contributed by atoms with Crippen LogP contribution in [-0.2, 0) is 9.59 Å². The molecule has 0 aromatic heterocycles. The van der Waals surface area contributed by atoms with E-state index in [1.54, 1.807) is 6.07 Å². The van der Waals surface area contributed by atoms with Gasteiger partial charge < -0.3 is 15.5 Å². The van der Waals surface area contributed by atoms with Gasteiger partial charge in [0.25, 0.3) is 0 Å². The van der Waals surface area contributed by atoms with Crippen molar-refractivity contribution in [2.45, 2.75) is 25.8 Å². The molecule has 1 aromatic rings. The van der Waals surface area contributed by atoms with Gasteiger partial charge in [-0.05, 0) is 43.5 Å². The Labute approximate surface area is 148 Å². The molecule has 1 aromatic carbocycles. The molecule has 2 N–H and O–H groups in total. The number of likely N-dealkylation sites (tertiary alicyclic amines) is 1. The van der Waals surface area contributed by atoms with Crippen LogP contribution in [0.2, 0.25) is 0 Å². The first-order valence-electron chi connectivity index (χ1n) is 8.40. The maximum Gasteiger partial charge on any atom is 0.313 e. The number of carbonyl (C=O) groups excluding carboxylic acids is 2. The van der Waals surface area contributed by atoms with Crippen LogP contribution in [0.3, 0.4) is 0 Å². The predicted octanol–water partition coefficient (Wildman–Crippen LogP) is 1.10. The van der Waals surface area contributed by atoms with Gasteiger partial charge in [-0.3, -0.25) is 14.5 Å². The number of nitrogens with one attached hydrogen (secondary N) is 2. The van der Waals surface area contributed by atoms with E-state index in [4.69, 9.17) is 5.26 Å². The fraction of sp³-hybridized carbons (Fsp3) is 0.500. The van der Waals surface area contributed by atoms with Crippen molar-refractivity contribution >= 4 is 23.2 Å². The minimum absolute atomic E-state index is 0.0228. The number of benzene rings is 1. The Balaban J connectivity index is 1.87. The Hall–Kier alpha value is -2.59. The Kier molecular flexibility index (Phi) is 6.37. The van der Waals surface area contributed by atoms with Crippen LogP contribution in [0, 0.1) is 18.3 Å². The number of aryl methyl sites for hydroxylation is 1. The summed E-state index contributed by atoms with van der Waals surface area (Å²) in [6, 6.07) is 7.76. The molecule has 2 rings (SSSR count). The number of amides is 2. The number of anilines is 2. The summed E-state index contributed by atoms with van der Waals surface area (Å²) in [4.78, 5) is 28.3. The van der Waals surface area contributed by atoms with Gasteiger partial charge in [0.05, 0.1) is 12.6 Å². The number of hydrogen-bond donors (Lipinski definition) is 2. The molecule has 0 saturated carbocycles. The number of carbonyl (C=O) groups is 2. The molecule has 0 unspecified atom stereocenters. The highest BCUT2D eigenvalue weighted by Gasteiger charge is 2.23. The van der Waals surface area contributed by atoms with Gasteiger partial charge in [0, 0.05) is 44.6 Å². The van der Waals surface area contributed by atoms with Crippen LogP contribution in [0.15, 0.2) is 18.2 Å². The molecule has 1 fully saturated rings. The second-order valence-electron chi connectivity index (χ2n) is 6.53. The summed E-state index contributed by atoms with van der Waals surface area (Å²) in [7, 11) is 3.89. The second-order valence-corrected chi connectivity index (χ2v) is 6.53. The van der Waals surface area contributed by atoms with Crippen LogP contribution < -0.4 is 15.5 Å². The first kappa shape index (κ1) is 18.7. The number of rotatable bonds is 4. The monoisotopic (exact) mass is 343 g/mol. The summed E-state index contributed by atoms with van der Waals surface area (Å²) < 4.78 is 0. The van der Waals surface area contributed by atoms with Crippen LogP contribution in [0.25, 0.3) is 0 Å². The normalized spacial score (nSPS) is 15.3. The average Bonchev–Trinajstić information content (AvgIpc) is 2.58. The highest BCUT2D eigenvalue weighted by Crippen LogP contribution is 2.21. The third-order valence-electron chi connectivity index (χ3n) is 4.40. The van der Waals surface area contributed by atoms with Crippen molar-refractivity contribution in [1.29, 1.82) is 5.26 Å². The third-order valence-corrected chi connectivity index (χ3v) is 4.40. The van der Waals surface area contributed by atoms with Crippen LogP contribution in [0.5, 0.6) is 0 Å². The van der Waals surface area contributed by atoms with Crippen LogP contribution in [0.4, 0.5) is 11.4 Å². The summed E-state index contributed by atoms with van der Waals surface area (Å²) >= 11 is 0. The average molecular weight is 343 g/mol. The van der Waals surface area contributed by atoms with E-state index in [0.29, 0.717) is 12.2 Å². The third kappa shape index (κ3) is 5.19. The van der Waals surface area contributed by atoms with Gasteiger partial charge in [-0.1, -0.05) is 0 Å². The first-order chi connectivity index (χ1) is 11.9. The van der Waals surface area contributed by atoms with E-state index in [2.05, 4.69) is 16.7 Å². The maximum absolute atomic E-state index is 12.1. The largest absolute Gasteiger partial charge is 0.378 e. The van der Waals surface area contributed by atoms with Gasteiger partial charge in [0.15, 0.2) is 0 Å². The Morgan fingerprint density at radius 1 is 1.28 bits per heavy atom. The molecule has 0 aliphatic carbocycles. The van der Waals surface area contributed by atoms with E-state index in [0.717, 1.165) is 37.2 Å². The lowest BCUT2D eigenvalue weighted by Gasteiger charge is -2.30. The summed E-state index contributed by atoms with van der Waals surface area (Å²) in [6.45, 7) is 3.81. The molecule has 0 atom stereocenters. The molecule has 1 aliphatic heterocycles. The lowest BCUT2D eigenvalue weighted by Crippen LogP contribution is -2.47. The van der Waals surface area contributed by atoms with Gasteiger partial charge >= 0.3 is 11.8 Å². The smallest absolute Gasteiger partial charge is 0.313 e.